The summed E-state index contributed by atoms with van der Waals surface area (Å²) in [6.07, 6.45) is 0. The summed E-state index contributed by atoms with van der Waals surface area (Å²) in [4.78, 5) is 25.0. The van der Waals surface area contributed by atoms with Crippen molar-refractivity contribution in [2.45, 2.75) is 37.9 Å². The van der Waals surface area contributed by atoms with Crippen LogP contribution in [0.2, 0.25) is 0 Å². The smallest absolute Gasteiger partial charge is 0.251 e. The topological polar surface area (TPSA) is 88.9 Å². The third kappa shape index (κ3) is 6.10. The van der Waals surface area contributed by atoms with Crippen LogP contribution < -0.4 is 10.6 Å². The van der Waals surface area contributed by atoms with E-state index in [9.17, 15) is 9.59 Å². The van der Waals surface area contributed by atoms with Gasteiger partial charge < -0.3 is 15.2 Å². The average Bonchev–Trinajstić information content (AvgIpc) is 3.14. The Morgan fingerprint density at radius 2 is 1.81 bits per heavy atom. The Labute approximate surface area is 205 Å². The van der Waals surface area contributed by atoms with Gasteiger partial charge in [-0.1, -0.05) is 43.8 Å². The van der Waals surface area contributed by atoms with Gasteiger partial charge in [0.15, 0.2) is 11.0 Å². The minimum Gasteiger partial charge on any atom is -0.342 e. The molecule has 7 nitrogen and oxygen atoms in total. The first kappa shape index (κ1) is 24.2. The van der Waals surface area contributed by atoms with Gasteiger partial charge in [0.05, 0.1) is 11.8 Å². The summed E-state index contributed by atoms with van der Waals surface area (Å²) in [6, 6.07) is 14.7. The molecule has 0 radical (unpaired) electrons. The molecule has 0 bridgehead atoms. The fraction of sp³-hybridized carbons (Fsp3) is 0.304. The predicted octanol–water partition coefficient (Wildman–Crippen LogP) is 4.76. The van der Waals surface area contributed by atoms with Crippen molar-refractivity contribution in [3.63, 3.8) is 0 Å². The zero-order valence-electron chi connectivity index (χ0n) is 18.4. The van der Waals surface area contributed by atoms with Crippen LogP contribution in [0, 0.1) is 3.57 Å². The highest BCUT2D eigenvalue weighted by Crippen LogP contribution is 2.27. The van der Waals surface area contributed by atoms with Crippen molar-refractivity contribution < 1.29 is 9.59 Å². The number of thioether (sulfide) groups is 1. The number of anilines is 1. The summed E-state index contributed by atoms with van der Waals surface area (Å²) in [5.74, 6) is 0.861. The van der Waals surface area contributed by atoms with Gasteiger partial charge in [-0.25, -0.2) is 0 Å². The molecular weight excluding hydrogens is 537 g/mol. The number of halogens is 1. The Balaban J connectivity index is 1.60. The summed E-state index contributed by atoms with van der Waals surface area (Å²) in [7, 11) is 1.83. The minimum atomic E-state index is -0.330. The summed E-state index contributed by atoms with van der Waals surface area (Å²) in [6.45, 7) is 6.07. The molecule has 0 unspecified atom stereocenters. The third-order valence-electron chi connectivity index (χ3n) is 4.88. The maximum absolute atomic E-state index is 12.6. The summed E-state index contributed by atoms with van der Waals surface area (Å²) in [5.41, 5.74) is 2.53. The van der Waals surface area contributed by atoms with Gasteiger partial charge in [0.1, 0.15) is 0 Å². The molecule has 2 aromatic carbocycles. The van der Waals surface area contributed by atoms with E-state index in [0.717, 1.165) is 14.8 Å². The molecule has 2 amide bonds. The Morgan fingerprint density at radius 1 is 1.09 bits per heavy atom. The molecule has 2 N–H and O–H groups in total. The zero-order valence-corrected chi connectivity index (χ0v) is 21.4. The Bertz CT molecular complexity index is 1100. The molecule has 3 aromatic rings. The quantitative estimate of drug-likeness (QED) is 0.305. The molecule has 9 heteroatoms. The predicted molar refractivity (Wildman–Crippen MR) is 136 cm³/mol. The van der Waals surface area contributed by atoms with E-state index in [1.54, 1.807) is 16.7 Å². The summed E-state index contributed by atoms with van der Waals surface area (Å²) in [5, 5.41) is 15.0. The van der Waals surface area contributed by atoms with Crippen molar-refractivity contribution in [2.24, 2.45) is 7.05 Å². The van der Waals surface area contributed by atoms with E-state index in [2.05, 4.69) is 63.3 Å². The van der Waals surface area contributed by atoms with Gasteiger partial charge in [-0.3, -0.25) is 9.59 Å². The number of hydrogen-bond acceptors (Lipinski definition) is 5. The van der Waals surface area contributed by atoms with Gasteiger partial charge in [0.25, 0.3) is 5.91 Å². The Morgan fingerprint density at radius 3 is 2.50 bits per heavy atom. The number of benzene rings is 2. The molecule has 3 rings (SSSR count). The highest BCUT2D eigenvalue weighted by Gasteiger charge is 2.19. The standard InChI is InChI=1S/C23H26IN5O2S/c1-14(2)18-12-17(24)10-11-19(18)26-20(30)13-32-23-28-27-21(29(23)4)15(3)25-22(31)16-8-6-5-7-9-16/h5-12,14-15H,13H2,1-4H3,(H,25,31)(H,26,30)/t15-/m0/s1. The molecule has 0 aliphatic carbocycles. The fourth-order valence-electron chi connectivity index (χ4n) is 3.20. The van der Waals surface area contributed by atoms with Crippen molar-refractivity contribution in [3.8, 4) is 0 Å². The molecule has 1 atom stereocenters. The second kappa shape index (κ2) is 11.0. The second-order valence-electron chi connectivity index (χ2n) is 7.68. The van der Waals surface area contributed by atoms with Crippen LogP contribution in [0.4, 0.5) is 5.69 Å². The lowest BCUT2D eigenvalue weighted by molar-refractivity contribution is -0.113. The van der Waals surface area contributed by atoms with Crippen LogP contribution >= 0.6 is 34.4 Å². The molecule has 0 aliphatic heterocycles. The lowest BCUT2D eigenvalue weighted by Gasteiger charge is -2.15. The third-order valence-corrected chi connectivity index (χ3v) is 6.57. The van der Waals surface area contributed by atoms with Crippen molar-refractivity contribution in [1.29, 1.82) is 0 Å². The van der Waals surface area contributed by atoms with Crippen LogP contribution in [0.15, 0.2) is 53.7 Å². The number of carbonyl (C=O) groups is 2. The number of nitrogens with one attached hydrogen (secondary N) is 2. The van der Waals surface area contributed by atoms with Crippen molar-refractivity contribution >= 4 is 51.9 Å². The molecule has 32 heavy (non-hydrogen) atoms. The van der Waals surface area contributed by atoms with E-state index in [-0.39, 0.29) is 23.6 Å². The maximum Gasteiger partial charge on any atom is 0.251 e. The summed E-state index contributed by atoms with van der Waals surface area (Å²) >= 11 is 3.58. The van der Waals surface area contributed by atoms with Crippen molar-refractivity contribution in [2.75, 3.05) is 11.1 Å². The van der Waals surface area contributed by atoms with Crippen LogP contribution in [0.5, 0.6) is 0 Å². The molecule has 0 saturated heterocycles. The van der Waals surface area contributed by atoms with Gasteiger partial charge >= 0.3 is 0 Å². The zero-order chi connectivity index (χ0) is 23.3. The number of amides is 2. The van der Waals surface area contributed by atoms with Gasteiger partial charge in [0.2, 0.25) is 5.91 Å². The highest BCUT2D eigenvalue weighted by molar-refractivity contribution is 14.1. The number of hydrogen-bond donors (Lipinski definition) is 2. The Kier molecular flexibility index (Phi) is 8.30. The van der Waals surface area contributed by atoms with E-state index >= 15 is 0 Å². The van der Waals surface area contributed by atoms with E-state index in [0.29, 0.717) is 22.5 Å². The minimum absolute atomic E-state index is 0.104. The lowest BCUT2D eigenvalue weighted by Crippen LogP contribution is -2.28. The van der Waals surface area contributed by atoms with Gasteiger partial charge in [-0.2, -0.15) is 0 Å². The number of aromatic nitrogens is 3. The van der Waals surface area contributed by atoms with Crippen LogP contribution in [0.3, 0.4) is 0 Å². The summed E-state index contributed by atoms with van der Waals surface area (Å²) < 4.78 is 2.94. The molecule has 0 fully saturated rings. The van der Waals surface area contributed by atoms with Gasteiger partial charge in [-0.15, -0.1) is 10.2 Å². The number of rotatable bonds is 8. The van der Waals surface area contributed by atoms with Crippen LogP contribution in [0.25, 0.3) is 0 Å². The first-order valence-corrected chi connectivity index (χ1v) is 12.3. The fourth-order valence-corrected chi connectivity index (χ4v) is 4.44. The van der Waals surface area contributed by atoms with Crippen molar-refractivity contribution in [1.82, 2.24) is 20.1 Å². The first-order chi connectivity index (χ1) is 15.3. The van der Waals surface area contributed by atoms with E-state index < -0.39 is 0 Å². The molecule has 1 heterocycles. The Hall–Kier alpha value is -2.40. The van der Waals surface area contributed by atoms with Gasteiger partial charge in [-0.05, 0) is 71.3 Å². The number of nitrogens with zero attached hydrogens (tertiary/aromatic N) is 3. The average molecular weight is 563 g/mol. The van der Waals surface area contributed by atoms with Crippen molar-refractivity contribution in [3.05, 3.63) is 69.1 Å². The first-order valence-electron chi connectivity index (χ1n) is 10.2. The molecule has 1 aromatic heterocycles. The van der Waals surface area contributed by atoms with Crippen LogP contribution in [0.1, 0.15) is 54.5 Å². The maximum atomic E-state index is 12.6. The molecule has 168 valence electrons. The SMILES string of the molecule is CC(C)c1cc(I)ccc1NC(=O)CSc1nnc([C@H](C)NC(=O)c2ccccc2)n1C. The normalized spacial score (nSPS) is 11.9. The van der Waals surface area contributed by atoms with Gasteiger partial charge in [0, 0.05) is 21.9 Å². The van der Waals surface area contributed by atoms with Crippen LogP contribution in [-0.2, 0) is 11.8 Å². The van der Waals surface area contributed by atoms with E-state index in [1.807, 2.05) is 44.3 Å². The van der Waals surface area contributed by atoms with E-state index in [4.69, 9.17) is 0 Å². The molecule has 0 spiro atoms. The second-order valence-corrected chi connectivity index (χ2v) is 9.87. The van der Waals surface area contributed by atoms with Crippen LogP contribution in [-0.4, -0.2) is 32.3 Å². The molecule has 0 aliphatic rings. The number of carbonyl (C=O) groups excluding carboxylic acids is 2. The largest absolute Gasteiger partial charge is 0.342 e. The lowest BCUT2D eigenvalue weighted by atomic mass is 10.0. The molecule has 0 saturated carbocycles. The van der Waals surface area contributed by atoms with E-state index in [1.165, 1.54) is 11.8 Å². The highest BCUT2D eigenvalue weighted by atomic mass is 127. The monoisotopic (exact) mass is 563 g/mol. The molecular formula is C23H26IN5O2S.